The quantitative estimate of drug-likeness (QED) is 0.808. The van der Waals surface area contributed by atoms with Crippen LogP contribution in [0.1, 0.15) is 28.5 Å². The van der Waals surface area contributed by atoms with Crippen LogP contribution in [0.2, 0.25) is 0 Å². The molecule has 1 aromatic heterocycles. The molecule has 108 valence electrons. The van der Waals surface area contributed by atoms with E-state index in [9.17, 15) is 9.59 Å². The van der Waals surface area contributed by atoms with Crippen molar-refractivity contribution in [2.24, 2.45) is 0 Å². The molecule has 0 saturated heterocycles. The van der Waals surface area contributed by atoms with Gasteiger partial charge in [-0.3, -0.25) is 9.78 Å². The maximum atomic E-state index is 12.0. The van der Waals surface area contributed by atoms with Crippen LogP contribution >= 0.6 is 0 Å². The van der Waals surface area contributed by atoms with Crippen molar-refractivity contribution in [1.82, 2.24) is 4.98 Å². The van der Waals surface area contributed by atoms with Gasteiger partial charge in [0.1, 0.15) is 6.61 Å². The molecule has 0 radical (unpaired) electrons. The molecule has 0 bridgehead atoms. The average molecular weight is 285 g/mol. The van der Waals surface area contributed by atoms with Gasteiger partial charge in [-0.05, 0) is 25.1 Å². The number of hydrogen-bond donors (Lipinski definition) is 0. The van der Waals surface area contributed by atoms with E-state index in [1.54, 1.807) is 43.5 Å². The van der Waals surface area contributed by atoms with Gasteiger partial charge in [-0.15, -0.1) is 0 Å². The Morgan fingerprint density at radius 3 is 2.57 bits per heavy atom. The Bertz CT molecular complexity index is 653. The molecule has 5 heteroatoms. The van der Waals surface area contributed by atoms with Gasteiger partial charge in [-0.1, -0.05) is 18.2 Å². The summed E-state index contributed by atoms with van der Waals surface area (Å²) >= 11 is 0. The molecule has 2 aromatic rings. The number of esters is 2. The number of aryl methyl sites for hydroxylation is 1. The third kappa shape index (κ3) is 4.14. The molecule has 0 spiro atoms. The van der Waals surface area contributed by atoms with Gasteiger partial charge in [0.05, 0.1) is 11.3 Å². The number of carbonyl (C=O) groups excluding carboxylic acids is 2. The van der Waals surface area contributed by atoms with Crippen LogP contribution < -0.4 is 4.74 Å². The molecule has 0 N–H and O–H groups in total. The Hall–Kier alpha value is -2.69. The number of ether oxygens (including phenoxy) is 2. The first-order valence-corrected chi connectivity index (χ1v) is 6.42. The van der Waals surface area contributed by atoms with E-state index in [2.05, 4.69) is 4.98 Å². The minimum atomic E-state index is -0.454. The van der Waals surface area contributed by atoms with Gasteiger partial charge in [0.15, 0.2) is 5.75 Å². The molecule has 0 amide bonds. The predicted molar refractivity (Wildman–Crippen MR) is 75.8 cm³/mol. The Morgan fingerprint density at radius 1 is 1.19 bits per heavy atom. The fourth-order valence-electron chi connectivity index (χ4n) is 1.65. The standard InChI is InChI=1S/C16H15NO4/c1-11-15(8-13(9-17-11)10-20-12(2)18)21-16(19)14-6-4-3-5-7-14/h3-9H,10H2,1-2H3. The Labute approximate surface area is 122 Å². The molecule has 1 heterocycles. The number of aromatic nitrogens is 1. The highest BCUT2D eigenvalue weighted by atomic mass is 16.5. The maximum absolute atomic E-state index is 12.0. The minimum Gasteiger partial charge on any atom is -0.461 e. The van der Waals surface area contributed by atoms with Crippen LogP contribution in [0.15, 0.2) is 42.6 Å². The van der Waals surface area contributed by atoms with Crippen molar-refractivity contribution in [3.63, 3.8) is 0 Å². The number of hydrogen-bond acceptors (Lipinski definition) is 5. The van der Waals surface area contributed by atoms with Gasteiger partial charge in [-0.2, -0.15) is 0 Å². The number of carbonyl (C=O) groups is 2. The van der Waals surface area contributed by atoms with E-state index in [-0.39, 0.29) is 12.6 Å². The SMILES string of the molecule is CC(=O)OCc1cnc(C)c(OC(=O)c2ccccc2)c1. The third-order valence-electron chi connectivity index (χ3n) is 2.75. The molecule has 0 aliphatic heterocycles. The second kappa shape index (κ2) is 6.65. The van der Waals surface area contributed by atoms with Crippen LogP contribution in [0.3, 0.4) is 0 Å². The monoisotopic (exact) mass is 285 g/mol. The highest BCUT2D eigenvalue weighted by Gasteiger charge is 2.11. The zero-order chi connectivity index (χ0) is 15.2. The van der Waals surface area contributed by atoms with Crippen LogP contribution in [-0.2, 0) is 16.1 Å². The highest BCUT2D eigenvalue weighted by Crippen LogP contribution is 2.19. The first-order chi connectivity index (χ1) is 10.1. The van der Waals surface area contributed by atoms with Gasteiger partial charge < -0.3 is 9.47 Å². The molecule has 2 rings (SSSR count). The maximum Gasteiger partial charge on any atom is 0.343 e. The van der Waals surface area contributed by atoms with Crippen molar-refractivity contribution in [3.8, 4) is 5.75 Å². The van der Waals surface area contributed by atoms with E-state index >= 15 is 0 Å². The normalized spacial score (nSPS) is 10.0. The zero-order valence-electron chi connectivity index (χ0n) is 11.8. The third-order valence-corrected chi connectivity index (χ3v) is 2.75. The van der Waals surface area contributed by atoms with E-state index in [1.807, 2.05) is 6.07 Å². The lowest BCUT2D eigenvalue weighted by molar-refractivity contribution is -0.142. The second-order valence-corrected chi connectivity index (χ2v) is 4.46. The fourth-order valence-corrected chi connectivity index (χ4v) is 1.65. The molecule has 0 saturated carbocycles. The van der Waals surface area contributed by atoms with Crippen molar-refractivity contribution < 1.29 is 19.1 Å². The summed E-state index contributed by atoms with van der Waals surface area (Å²) in [7, 11) is 0. The number of pyridine rings is 1. The Morgan fingerprint density at radius 2 is 1.90 bits per heavy atom. The summed E-state index contributed by atoms with van der Waals surface area (Å²) in [6.07, 6.45) is 1.58. The summed E-state index contributed by atoms with van der Waals surface area (Å²) in [5.74, 6) is -0.475. The summed E-state index contributed by atoms with van der Waals surface area (Å²) in [6.45, 7) is 3.17. The first-order valence-electron chi connectivity index (χ1n) is 6.42. The van der Waals surface area contributed by atoms with E-state index in [1.165, 1.54) is 6.92 Å². The zero-order valence-corrected chi connectivity index (χ0v) is 11.8. The molecule has 0 fully saturated rings. The van der Waals surface area contributed by atoms with E-state index in [4.69, 9.17) is 9.47 Å². The first kappa shape index (κ1) is 14.7. The lowest BCUT2D eigenvalue weighted by Crippen LogP contribution is -2.10. The summed E-state index contributed by atoms with van der Waals surface area (Å²) in [5, 5.41) is 0. The van der Waals surface area contributed by atoms with Crippen molar-refractivity contribution in [2.45, 2.75) is 20.5 Å². The summed E-state index contributed by atoms with van der Waals surface area (Å²) in [6, 6.07) is 10.3. The second-order valence-electron chi connectivity index (χ2n) is 4.46. The molecular weight excluding hydrogens is 270 g/mol. The van der Waals surface area contributed by atoms with Gasteiger partial charge in [-0.25, -0.2) is 4.79 Å². The Balaban J connectivity index is 2.13. The van der Waals surface area contributed by atoms with Crippen molar-refractivity contribution >= 4 is 11.9 Å². The number of rotatable bonds is 4. The summed E-state index contributed by atoms with van der Waals surface area (Å²) in [4.78, 5) is 26.9. The molecular formula is C16H15NO4. The number of benzene rings is 1. The van der Waals surface area contributed by atoms with E-state index in [0.717, 1.165) is 0 Å². The van der Waals surface area contributed by atoms with Crippen LogP contribution in [0.4, 0.5) is 0 Å². The topological polar surface area (TPSA) is 65.5 Å². The predicted octanol–water partition coefficient (Wildman–Crippen LogP) is 2.67. The smallest absolute Gasteiger partial charge is 0.343 e. The lowest BCUT2D eigenvalue weighted by Gasteiger charge is -2.09. The fraction of sp³-hybridized carbons (Fsp3) is 0.188. The van der Waals surface area contributed by atoms with Crippen LogP contribution in [0.25, 0.3) is 0 Å². The van der Waals surface area contributed by atoms with Gasteiger partial charge >= 0.3 is 11.9 Å². The van der Waals surface area contributed by atoms with Crippen molar-refractivity contribution in [1.29, 1.82) is 0 Å². The van der Waals surface area contributed by atoms with Gasteiger partial charge in [0.25, 0.3) is 0 Å². The van der Waals surface area contributed by atoms with Crippen molar-refractivity contribution in [3.05, 3.63) is 59.4 Å². The summed E-state index contributed by atoms with van der Waals surface area (Å²) < 4.78 is 10.2. The largest absolute Gasteiger partial charge is 0.461 e. The van der Waals surface area contributed by atoms with Crippen LogP contribution in [0.5, 0.6) is 5.75 Å². The minimum absolute atomic E-state index is 0.0957. The van der Waals surface area contributed by atoms with Crippen LogP contribution in [0, 0.1) is 6.92 Å². The molecule has 0 unspecified atom stereocenters. The van der Waals surface area contributed by atoms with Gasteiger partial charge in [0.2, 0.25) is 0 Å². The van der Waals surface area contributed by atoms with Crippen LogP contribution in [-0.4, -0.2) is 16.9 Å². The van der Waals surface area contributed by atoms with E-state index in [0.29, 0.717) is 22.6 Å². The molecule has 5 nitrogen and oxygen atoms in total. The Kier molecular flexibility index (Phi) is 4.66. The molecule has 0 aliphatic carbocycles. The molecule has 0 aliphatic rings. The molecule has 1 aromatic carbocycles. The summed E-state index contributed by atoms with van der Waals surface area (Å²) in [5.41, 5.74) is 1.71. The molecule has 21 heavy (non-hydrogen) atoms. The van der Waals surface area contributed by atoms with E-state index < -0.39 is 5.97 Å². The highest BCUT2D eigenvalue weighted by molar-refractivity contribution is 5.91. The number of nitrogens with zero attached hydrogens (tertiary/aromatic N) is 1. The van der Waals surface area contributed by atoms with Gasteiger partial charge in [0, 0.05) is 18.7 Å². The van der Waals surface area contributed by atoms with Crippen molar-refractivity contribution in [2.75, 3.05) is 0 Å². The lowest BCUT2D eigenvalue weighted by atomic mass is 10.2. The molecule has 0 atom stereocenters. The average Bonchev–Trinajstić information content (AvgIpc) is 2.48.